The number of Topliss-reactive ketones (excluding diaryl/α,β-unsaturated/α-hetero) is 1. The van der Waals surface area contributed by atoms with E-state index < -0.39 is 31.6 Å². The molecule has 0 aliphatic rings. The van der Waals surface area contributed by atoms with Crippen LogP contribution in [0.1, 0.15) is 26.3 Å². The molecule has 1 amide bonds. The molecule has 0 saturated heterocycles. The van der Waals surface area contributed by atoms with Gasteiger partial charge >= 0.3 is 7.60 Å². The molecular formula is C17H20N3O6P. The van der Waals surface area contributed by atoms with Crippen molar-refractivity contribution in [1.29, 1.82) is 10.5 Å². The van der Waals surface area contributed by atoms with Gasteiger partial charge in [0.25, 0.3) is 0 Å². The summed E-state index contributed by atoms with van der Waals surface area (Å²) in [5.41, 5.74) is 0.342. The number of hydrogen-bond acceptors (Lipinski definition) is 8. The van der Waals surface area contributed by atoms with Crippen molar-refractivity contribution in [2.24, 2.45) is 5.92 Å². The van der Waals surface area contributed by atoms with E-state index in [1.165, 1.54) is 18.2 Å². The Morgan fingerprint density at radius 1 is 1.22 bits per heavy atom. The molecule has 10 heteroatoms. The molecule has 1 aromatic rings. The summed E-state index contributed by atoms with van der Waals surface area (Å²) < 4.78 is 28.1. The number of ketones is 1. The first-order chi connectivity index (χ1) is 12.8. The van der Waals surface area contributed by atoms with Crippen LogP contribution in [0.4, 0.5) is 5.69 Å². The standard InChI is InChI=1S/C17H20N3O6P/c1-4-25-27(23,26-5-2)11-24-16-8-14(7-6-13(16)9-18)20-17(22)15(10-19)12(3)21/h6-8,15H,4-5,11H2,1-3H3,(H,20,22). The third-order valence-corrected chi connectivity index (χ3v) is 4.95. The Morgan fingerprint density at radius 2 is 1.85 bits per heavy atom. The number of nitrogens with zero attached hydrogens (tertiary/aromatic N) is 2. The van der Waals surface area contributed by atoms with E-state index in [1.54, 1.807) is 19.9 Å². The second-order valence-electron chi connectivity index (χ2n) is 5.20. The molecule has 0 saturated carbocycles. The number of rotatable bonds is 10. The van der Waals surface area contributed by atoms with E-state index in [0.29, 0.717) is 0 Å². The normalized spacial score (nSPS) is 11.7. The molecule has 144 valence electrons. The molecule has 1 unspecified atom stereocenters. The van der Waals surface area contributed by atoms with Crippen molar-refractivity contribution in [3.63, 3.8) is 0 Å². The minimum absolute atomic E-state index is 0.0475. The number of amides is 1. The van der Waals surface area contributed by atoms with Gasteiger partial charge in [-0.05, 0) is 32.9 Å². The fourth-order valence-electron chi connectivity index (χ4n) is 2.01. The summed E-state index contributed by atoms with van der Waals surface area (Å²) in [4.78, 5) is 23.3. The van der Waals surface area contributed by atoms with E-state index in [1.807, 2.05) is 6.07 Å². The van der Waals surface area contributed by atoms with Gasteiger partial charge in [0.1, 0.15) is 11.8 Å². The monoisotopic (exact) mass is 393 g/mol. The van der Waals surface area contributed by atoms with Crippen LogP contribution < -0.4 is 10.1 Å². The highest BCUT2D eigenvalue weighted by Crippen LogP contribution is 2.48. The van der Waals surface area contributed by atoms with Crippen LogP contribution >= 0.6 is 7.60 Å². The Balaban J connectivity index is 3.01. The number of carbonyl (C=O) groups excluding carboxylic acids is 2. The van der Waals surface area contributed by atoms with E-state index in [-0.39, 0.29) is 30.2 Å². The van der Waals surface area contributed by atoms with E-state index in [2.05, 4.69) is 5.32 Å². The van der Waals surface area contributed by atoms with Crippen LogP contribution in [0.25, 0.3) is 0 Å². The van der Waals surface area contributed by atoms with Crippen molar-refractivity contribution in [3.05, 3.63) is 23.8 Å². The van der Waals surface area contributed by atoms with E-state index >= 15 is 0 Å². The highest BCUT2D eigenvalue weighted by atomic mass is 31.2. The van der Waals surface area contributed by atoms with Crippen LogP contribution in [0.5, 0.6) is 5.75 Å². The Morgan fingerprint density at radius 3 is 2.33 bits per heavy atom. The highest BCUT2D eigenvalue weighted by molar-refractivity contribution is 7.53. The van der Waals surface area contributed by atoms with Crippen LogP contribution in [-0.2, 0) is 23.2 Å². The topological polar surface area (TPSA) is 139 Å². The molecule has 0 aromatic heterocycles. The maximum atomic E-state index is 12.5. The zero-order chi connectivity index (χ0) is 20.4. The van der Waals surface area contributed by atoms with Crippen molar-refractivity contribution < 1.29 is 27.9 Å². The van der Waals surface area contributed by atoms with Gasteiger partial charge in [0.05, 0.1) is 24.8 Å². The number of anilines is 1. The van der Waals surface area contributed by atoms with E-state index in [9.17, 15) is 19.4 Å². The molecule has 1 N–H and O–H groups in total. The number of hydrogen-bond donors (Lipinski definition) is 1. The molecule has 0 aliphatic heterocycles. The van der Waals surface area contributed by atoms with Crippen LogP contribution in [0, 0.1) is 28.6 Å². The van der Waals surface area contributed by atoms with Crippen LogP contribution in [-0.4, -0.2) is 31.3 Å². The zero-order valence-corrected chi connectivity index (χ0v) is 16.1. The van der Waals surface area contributed by atoms with Gasteiger partial charge in [0.2, 0.25) is 5.91 Å². The number of carbonyl (C=O) groups is 2. The van der Waals surface area contributed by atoms with Crippen molar-refractivity contribution in [3.8, 4) is 17.9 Å². The molecule has 0 bridgehead atoms. The summed E-state index contributed by atoms with van der Waals surface area (Å²) in [5, 5.41) is 20.5. The Bertz CT molecular complexity index is 817. The van der Waals surface area contributed by atoms with Crippen molar-refractivity contribution in [2.45, 2.75) is 20.8 Å². The summed E-state index contributed by atoms with van der Waals surface area (Å²) in [6.45, 7) is 4.76. The first-order valence-corrected chi connectivity index (χ1v) is 9.79. The molecule has 0 spiro atoms. The summed E-state index contributed by atoms with van der Waals surface area (Å²) in [7, 11) is -3.50. The van der Waals surface area contributed by atoms with Crippen molar-refractivity contribution in [1.82, 2.24) is 0 Å². The molecule has 1 aromatic carbocycles. The summed E-state index contributed by atoms with van der Waals surface area (Å²) in [6, 6.07) is 7.66. The largest absolute Gasteiger partial charge is 0.479 e. The van der Waals surface area contributed by atoms with Crippen molar-refractivity contribution >= 4 is 25.0 Å². The molecule has 0 fully saturated rings. The van der Waals surface area contributed by atoms with Crippen LogP contribution in [0.2, 0.25) is 0 Å². The minimum atomic E-state index is -3.50. The lowest BCUT2D eigenvalue weighted by Crippen LogP contribution is -2.26. The predicted octanol–water partition coefficient (Wildman–Crippen LogP) is 2.83. The maximum Gasteiger partial charge on any atom is 0.367 e. The Kier molecular flexibility index (Phi) is 8.64. The number of nitrogens with one attached hydrogen (secondary N) is 1. The van der Waals surface area contributed by atoms with Gasteiger partial charge in [-0.15, -0.1) is 0 Å². The van der Waals surface area contributed by atoms with Gasteiger partial charge in [0.15, 0.2) is 18.0 Å². The van der Waals surface area contributed by atoms with E-state index in [0.717, 1.165) is 6.92 Å². The van der Waals surface area contributed by atoms with Gasteiger partial charge in [0, 0.05) is 11.8 Å². The van der Waals surface area contributed by atoms with Gasteiger partial charge in [-0.25, -0.2) is 0 Å². The predicted molar refractivity (Wildman–Crippen MR) is 95.9 cm³/mol. The summed E-state index contributed by atoms with van der Waals surface area (Å²) >= 11 is 0. The second kappa shape index (κ2) is 10.4. The lowest BCUT2D eigenvalue weighted by molar-refractivity contribution is -0.127. The van der Waals surface area contributed by atoms with Gasteiger partial charge < -0.3 is 19.1 Å². The first kappa shape index (κ1) is 22.3. The van der Waals surface area contributed by atoms with Crippen LogP contribution in [0.3, 0.4) is 0 Å². The SMILES string of the molecule is CCOP(=O)(COc1cc(NC(=O)C(C#N)C(C)=O)ccc1C#N)OCC. The molecule has 9 nitrogen and oxygen atoms in total. The molecule has 0 radical (unpaired) electrons. The molecular weight excluding hydrogens is 373 g/mol. The Labute approximate surface area is 157 Å². The van der Waals surface area contributed by atoms with Crippen LogP contribution in [0.15, 0.2) is 18.2 Å². The smallest absolute Gasteiger partial charge is 0.367 e. The summed E-state index contributed by atoms with van der Waals surface area (Å²) in [5.74, 6) is -2.78. The second-order valence-corrected chi connectivity index (χ2v) is 7.20. The fraction of sp³-hybridized carbons (Fsp3) is 0.412. The van der Waals surface area contributed by atoms with Gasteiger partial charge in [-0.3, -0.25) is 14.2 Å². The van der Waals surface area contributed by atoms with Crippen molar-refractivity contribution in [2.75, 3.05) is 24.9 Å². The maximum absolute atomic E-state index is 12.5. The average Bonchev–Trinajstić information content (AvgIpc) is 2.61. The third-order valence-electron chi connectivity index (χ3n) is 3.20. The quantitative estimate of drug-likeness (QED) is 0.473. The van der Waals surface area contributed by atoms with Gasteiger partial charge in [-0.2, -0.15) is 10.5 Å². The third kappa shape index (κ3) is 6.50. The van der Waals surface area contributed by atoms with E-state index in [4.69, 9.17) is 19.0 Å². The minimum Gasteiger partial charge on any atom is -0.479 e. The number of benzene rings is 1. The Hall–Kier alpha value is -2.71. The zero-order valence-electron chi connectivity index (χ0n) is 15.2. The number of ether oxygens (including phenoxy) is 1. The average molecular weight is 393 g/mol. The fourth-order valence-corrected chi connectivity index (χ4v) is 3.32. The van der Waals surface area contributed by atoms with Gasteiger partial charge in [-0.1, -0.05) is 0 Å². The lowest BCUT2D eigenvalue weighted by Gasteiger charge is -2.18. The lowest BCUT2D eigenvalue weighted by atomic mass is 10.1. The summed E-state index contributed by atoms with van der Waals surface area (Å²) in [6.07, 6.45) is -0.422. The molecule has 1 rings (SSSR count). The molecule has 27 heavy (non-hydrogen) atoms. The first-order valence-electron chi connectivity index (χ1n) is 8.06. The highest BCUT2D eigenvalue weighted by Gasteiger charge is 2.26. The molecule has 0 heterocycles. The molecule has 0 aliphatic carbocycles. The number of nitriles is 2. The molecule has 1 atom stereocenters.